The lowest BCUT2D eigenvalue weighted by atomic mass is 10.3. The first-order valence-electron chi connectivity index (χ1n) is 5.31. The monoisotopic (exact) mass is 249 g/mol. The number of nitrogens with zero attached hydrogens (tertiary/aromatic N) is 1. The van der Waals surface area contributed by atoms with E-state index in [0.717, 1.165) is 13.0 Å². The van der Waals surface area contributed by atoms with Crippen LogP contribution in [0.4, 0.5) is 4.79 Å². The number of halogens is 1. The lowest BCUT2D eigenvalue weighted by Gasteiger charge is -2.20. The Balaban J connectivity index is 3.52. The van der Waals surface area contributed by atoms with E-state index in [0.29, 0.717) is 12.6 Å². The Morgan fingerprint density at radius 3 is 2.50 bits per heavy atom. The van der Waals surface area contributed by atoms with Gasteiger partial charge in [-0.2, -0.15) is 0 Å². The van der Waals surface area contributed by atoms with E-state index in [1.807, 2.05) is 7.05 Å². The van der Waals surface area contributed by atoms with Crippen LogP contribution in [0, 0.1) is 0 Å². The molecule has 0 saturated heterocycles. The average molecular weight is 250 g/mol. The van der Waals surface area contributed by atoms with Gasteiger partial charge in [0.15, 0.2) is 0 Å². The first-order chi connectivity index (χ1) is 7.47. The van der Waals surface area contributed by atoms with E-state index in [1.165, 1.54) is 0 Å². The zero-order chi connectivity index (χ0) is 12.6. The van der Waals surface area contributed by atoms with Crippen LogP contribution in [-0.4, -0.2) is 48.9 Å². The SMILES string of the molecule is CC(C)N(C)CCCNC(=O)NC(=O)CCl. The molecule has 0 atom stereocenters. The maximum absolute atomic E-state index is 11.1. The number of carbonyl (C=O) groups excluding carboxylic acids is 2. The van der Waals surface area contributed by atoms with Crippen LogP contribution in [0.2, 0.25) is 0 Å². The van der Waals surface area contributed by atoms with Gasteiger partial charge in [0.05, 0.1) is 0 Å². The molecule has 0 aromatic heterocycles. The third-order valence-electron chi connectivity index (χ3n) is 2.23. The van der Waals surface area contributed by atoms with Crippen molar-refractivity contribution in [2.75, 3.05) is 26.0 Å². The van der Waals surface area contributed by atoms with Gasteiger partial charge < -0.3 is 10.2 Å². The fourth-order valence-electron chi connectivity index (χ4n) is 0.993. The Kier molecular flexibility index (Phi) is 7.93. The van der Waals surface area contributed by atoms with Gasteiger partial charge >= 0.3 is 6.03 Å². The van der Waals surface area contributed by atoms with E-state index in [1.54, 1.807) is 0 Å². The Labute approximate surface area is 102 Å². The van der Waals surface area contributed by atoms with Crippen molar-refractivity contribution in [3.8, 4) is 0 Å². The van der Waals surface area contributed by atoms with Crippen molar-refractivity contribution in [2.24, 2.45) is 0 Å². The fraction of sp³-hybridized carbons (Fsp3) is 0.800. The maximum atomic E-state index is 11.1. The molecular formula is C10H20ClN3O2. The minimum Gasteiger partial charge on any atom is -0.338 e. The Hall–Kier alpha value is -0.810. The summed E-state index contributed by atoms with van der Waals surface area (Å²) < 4.78 is 0. The fourth-order valence-corrected chi connectivity index (χ4v) is 1.06. The van der Waals surface area contributed by atoms with Gasteiger partial charge in [-0.15, -0.1) is 11.6 Å². The van der Waals surface area contributed by atoms with Gasteiger partial charge in [0.2, 0.25) is 5.91 Å². The number of urea groups is 1. The molecule has 0 aliphatic rings. The van der Waals surface area contributed by atoms with Crippen LogP contribution in [0.3, 0.4) is 0 Å². The van der Waals surface area contributed by atoms with Crippen molar-refractivity contribution in [1.29, 1.82) is 0 Å². The predicted molar refractivity (Wildman–Crippen MR) is 64.6 cm³/mol. The molecule has 6 heteroatoms. The van der Waals surface area contributed by atoms with Gasteiger partial charge in [-0.05, 0) is 33.9 Å². The molecule has 0 aliphatic carbocycles. The molecule has 0 spiro atoms. The highest BCUT2D eigenvalue weighted by molar-refractivity contribution is 6.28. The first-order valence-corrected chi connectivity index (χ1v) is 5.84. The number of amides is 3. The molecule has 3 amide bonds. The van der Waals surface area contributed by atoms with E-state index >= 15 is 0 Å². The second kappa shape index (κ2) is 8.35. The number of nitrogens with one attached hydrogen (secondary N) is 2. The van der Waals surface area contributed by atoms with Crippen molar-refractivity contribution < 1.29 is 9.59 Å². The number of imide groups is 1. The molecule has 0 aliphatic heterocycles. The Morgan fingerprint density at radius 1 is 1.38 bits per heavy atom. The molecule has 5 nitrogen and oxygen atoms in total. The molecule has 16 heavy (non-hydrogen) atoms. The number of carbonyl (C=O) groups is 2. The highest BCUT2D eigenvalue weighted by Gasteiger charge is 2.06. The summed E-state index contributed by atoms with van der Waals surface area (Å²) in [6.07, 6.45) is 0.844. The number of alkyl halides is 1. The molecule has 0 unspecified atom stereocenters. The van der Waals surface area contributed by atoms with Crippen molar-refractivity contribution >= 4 is 23.5 Å². The number of rotatable bonds is 6. The Bertz CT molecular complexity index is 234. The van der Waals surface area contributed by atoms with Crippen molar-refractivity contribution in [1.82, 2.24) is 15.5 Å². The smallest absolute Gasteiger partial charge is 0.321 e. The molecule has 0 saturated carbocycles. The summed E-state index contributed by atoms with van der Waals surface area (Å²) in [4.78, 5) is 24.0. The maximum Gasteiger partial charge on any atom is 0.321 e. The van der Waals surface area contributed by atoms with E-state index in [4.69, 9.17) is 11.6 Å². The summed E-state index contributed by atoms with van der Waals surface area (Å²) in [6.45, 7) is 5.67. The quantitative estimate of drug-likeness (QED) is 0.540. The largest absolute Gasteiger partial charge is 0.338 e. The van der Waals surface area contributed by atoms with Crippen LogP contribution < -0.4 is 10.6 Å². The van der Waals surface area contributed by atoms with Gasteiger partial charge in [0.25, 0.3) is 0 Å². The topological polar surface area (TPSA) is 61.4 Å². The second-order valence-electron chi connectivity index (χ2n) is 3.87. The zero-order valence-corrected chi connectivity index (χ0v) is 10.8. The first kappa shape index (κ1) is 15.2. The molecule has 94 valence electrons. The van der Waals surface area contributed by atoms with Gasteiger partial charge in [-0.3, -0.25) is 10.1 Å². The van der Waals surface area contributed by atoms with Crippen LogP contribution in [0.1, 0.15) is 20.3 Å². The second-order valence-corrected chi connectivity index (χ2v) is 4.13. The highest BCUT2D eigenvalue weighted by atomic mass is 35.5. The minimum absolute atomic E-state index is 0.205. The van der Waals surface area contributed by atoms with E-state index < -0.39 is 11.9 Å². The summed E-state index contributed by atoms with van der Waals surface area (Å²) >= 11 is 5.24. The molecular weight excluding hydrogens is 230 g/mol. The molecule has 0 rings (SSSR count). The Morgan fingerprint density at radius 2 is 2.00 bits per heavy atom. The summed E-state index contributed by atoms with van der Waals surface area (Å²) in [5.41, 5.74) is 0. The highest BCUT2D eigenvalue weighted by Crippen LogP contribution is 1.93. The summed E-state index contributed by atoms with van der Waals surface area (Å²) in [7, 11) is 2.03. The molecule has 0 aromatic rings. The third kappa shape index (κ3) is 7.48. The van der Waals surface area contributed by atoms with Crippen molar-refractivity contribution in [2.45, 2.75) is 26.3 Å². The normalized spacial score (nSPS) is 10.6. The molecule has 0 bridgehead atoms. The number of hydrogen-bond acceptors (Lipinski definition) is 3. The molecule has 0 radical (unpaired) electrons. The van der Waals surface area contributed by atoms with Crippen LogP contribution in [0.25, 0.3) is 0 Å². The summed E-state index contributed by atoms with van der Waals surface area (Å²) in [5, 5.41) is 4.69. The zero-order valence-electron chi connectivity index (χ0n) is 10.0. The van der Waals surface area contributed by atoms with E-state index in [-0.39, 0.29) is 5.88 Å². The average Bonchev–Trinajstić information content (AvgIpc) is 2.23. The van der Waals surface area contributed by atoms with Gasteiger partial charge in [-0.25, -0.2) is 4.79 Å². The van der Waals surface area contributed by atoms with Crippen molar-refractivity contribution in [3.63, 3.8) is 0 Å². The summed E-state index contributed by atoms with van der Waals surface area (Å²) in [6, 6.07) is 0.00417. The number of hydrogen-bond donors (Lipinski definition) is 2. The van der Waals surface area contributed by atoms with E-state index in [9.17, 15) is 9.59 Å². The molecule has 0 aromatic carbocycles. The van der Waals surface area contributed by atoms with Crippen LogP contribution in [-0.2, 0) is 4.79 Å². The van der Waals surface area contributed by atoms with Gasteiger partial charge in [0.1, 0.15) is 5.88 Å². The molecule has 0 fully saturated rings. The van der Waals surface area contributed by atoms with Crippen LogP contribution >= 0.6 is 11.6 Å². The minimum atomic E-state index is -0.488. The third-order valence-corrected chi connectivity index (χ3v) is 2.47. The molecule has 2 N–H and O–H groups in total. The van der Waals surface area contributed by atoms with Gasteiger partial charge in [0, 0.05) is 12.6 Å². The lowest BCUT2D eigenvalue weighted by Crippen LogP contribution is -2.41. The van der Waals surface area contributed by atoms with Crippen molar-refractivity contribution in [3.05, 3.63) is 0 Å². The lowest BCUT2D eigenvalue weighted by molar-refractivity contribution is -0.117. The predicted octanol–water partition coefficient (Wildman–Crippen LogP) is 0.781. The van der Waals surface area contributed by atoms with Gasteiger partial charge in [-0.1, -0.05) is 0 Å². The molecule has 0 heterocycles. The standard InChI is InChI=1S/C10H20ClN3O2/c1-8(2)14(3)6-4-5-12-10(16)13-9(15)7-11/h8H,4-7H2,1-3H3,(H2,12,13,15,16). The van der Waals surface area contributed by atoms with Crippen LogP contribution in [0.5, 0.6) is 0 Å². The summed E-state index contributed by atoms with van der Waals surface area (Å²) in [5.74, 6) is -0.692. The van der Waals surface area contributed by atoms with E-state index in [2.05, 4.69) is 29.4 Å². The van der Waals surface area contributed by atoms with Crippen LogP contribution in [0.15, 0.2) is 0 Å².